The van der Waals surface area contributed by atoms with Crippen LogP contribution in [0.4, 0.5) is 21.9 Å². The Bertz CT molecular complexity index is 1550. The van der Waals surface area contributed by atoms with Crippen LogP contribution in [0.3, 0.4) is 0 Å². The van der Waals surface area contributed by atoms with Crippen molar-refractivity contribution in [3.63, 3.8) is 0 Å². The number of rotatable bonds is 6. The quantitative estimate of drug-likeness (QED) is 0.234. The number of benzene rings is 3. The molecular weight excluding hydrogens is 534 g/mol. The molecule has 3 rings (SSSR count). The summed E-state index contributed by atoms with van der Waals surface area (Å²) in [6.07, 6.45) is -0.748. The minimum Gasteiger partial charge on any atom is -0.444 e. The molecule has 0 atom stereocenters. The Hall–Kier alpha value is -4.65. The molecule has 0 heterocycles. The van der Waals surface area contributed by atoms with Crippen LogP contribution >= 0.6 is 0 Å². The Kier molecular flexibility index (Phi) is 9.46. The second kappa shape index (κ2) is 12.5. The van der Waals surface area contributed by atoms with Gasteiger partial charge in [0, 0.05) is 33.8 Å². The summed E-state index contributed by atoms with van der Waals surface area (Å²) in [5, 5.41) is 28.4. The standard InChI is InChI=1S/C33H37N3O6/c1-31(2,3)42-30(39)36-27-18-22(28(37)34-25-12-8-10-21(16-25)14-15-32(4,5)40)17-23(19-27)29(38)35-26-13-9-11-24(20-26)33(6,7)41/h8-13,16-20,40-41H,1-7H3,(H,34,37)(H,35,38)(H,36,39). The first-order chi connectivity index (χ1) is 19.4. The van der Waals surface area contributed by atoms with Crippen LogP contribution in [0.15, 0.2) is 66.7 Å². The molecule has 9 heteroatoms. The van der Waals surface area contributed by atoms with Crippen molar-refractivity contribution >= 4 is 35.0 Å². The molecule has 220 valence electrons. The maximum atomic E-state index is 13.3. The van der Waals surface area contributed by atoms with Gasteiger partial charge in [0.25, 0.3) is 11.8 Å². The number of hydrogen-bond donors (Lipinski definition) is 5. The highest BCUT2D eigenvalue weighted by Crippen LogP contribution is 2.24. The van der Waals surface area contributed by atoms with E-state index in [4.69, 9.17) is 4.74 Å². The molecule has 3 aromatic carbocycles. The number of ether oxygens (including phenoxy) is 1. The van der Waals surface area contributed by atoms with E-state index in [0.717, 1.165) is 0 Å². The second-order valence-corrected chi connectivity index (χ2v) is 11.9. The molecule has 0 aliphatic carbocycles. The Labute approximate surface area is 246 Å². The minimum atomic E-state index is -1.17. The summed E-state index contributed by atoms with van der Waals surface area (Å²) in [5.74, 6) is 4.52. The van der Waals surface area contributed by atoms with Gasteiger partial charge in [0.15, 0.2) is 0 Å². The molecule has 5 N–H and O–H groups in total. The maximum Gasteiger partial charge on any atom is 0.412 e. The highest BCUT2D eigenvalue weighted by molar-refractivity contribution is 6.10. The summed E-state index contributed by atoms with van der Waals surface area (Å²) < 4.78 is 5.33. The van der Waals surface area contributed by atoms with Crippen LogP contribution in [-0.4, -0.2) is 39.3 Å². The number of carbonyl (C=O) groups is 3. The molecule has 42 heavy (non-hydrogen) atoms. The lowest BCUT2D eigenvalue weighted by Crippen LogP contribution is -2.27. The van der Waals surface area contributed by atoms with E-state index in [9.17, 15) is 24.6 Å². The molecule has 0 spiro atoms. The van der Waals surface area contributed by atoms with Crippen LogP contribution in [0, 0.1) is 11.8 Å². The molecule has 9 nitrogen and oxygen atoms in total. The molecule has 0 aliphatic rings. The highest BCUT2D eigenvalue weighted by atomic mass is 16.6. The van der Waals surface area contributed by atoms with Crippen molar-refractivity contribution in [2.45, 2.75) is 65.3 Å². The van der Waals surface area contributed by atoms with Crippen molar-refractivity contribution in [1.82, 2.24) is 0 Å². The predicted octanol–water partition coefficient (Wildman–Crippen LogP) is 5.89. The average Bonchev–Trinajstić information content (AvgIpc) is 2.85. The molecule has 0 saturated heterocycles. The van der Waals surface area contributed by atoms with Crippen LogP contribution in [0.2, 0.25) is 0 Å². The van der Waals surface area contributed by atoms with E-state index in [1.54, 1.807) is 97.0 Å². The third kappa shape index (κ3) is 10.1. The molecule has 3 amide bonds. The molecule has 0 aliphatic heterocycles. The molecule has 0 fully saturated rings. The van der Waals surface area contributed by atoms with Crippen molar-refractivity contribution in [1.29, 1.82) is 0 Å². The Morgan fingerprint density at radius 1 is 0.690 bits per heavy atom. The Balaban J connectivity index is 1.93. The first-order valence-electron chi connectivity index (χ1n) is 13.3. The summed E-state index contributed by atoms with van der Waals surface area (Å²) in [6.45, 7) is 11.6. The lowest BCUT2D eigenvalue weighted by Gasteiger charge is -2.20. The predicted molar refractivity (Wildman–Crippen MR) is 164 cm³/mol. The largest absolute Gasteiger partial charge is 0.444 e. The molecule has 0 unspecified atom stereocenters. The third-order valence-electron chi connectivity index (χ3n) is 5.56. The van der Waals surface area contributed by atoms with Gasteiger partial charge in [-0.15, -0.1) is 0 Å². The van der Waals surface area contributed by atoms with E-state index in [1.165, 1.54) is 18.2 Å². The zero-order valence-corrected chi connectivity index (χ0v) is 24.9. The summed E-state index contributed by atoms with van der Waals surface area (Å²) in [5.41, 5.74) is -0.574. The van der Waals surface area contributed by atoms with Gasteiger partial charge in [-0.1, -0.05) is 30.0 Å². The lowest BCUT2D eigenvalue weighted by molar-refractivity contribution is 0.0634. The van der Waals surface area contributed by atoms with E-state index >= 15 is 0 Å². The van der Waals surface area contributed by atoms with E-state index < -0.39 is 34.7 Å². The van der Waals surface area contributed by atoms with Gasteiger partial charge in [0.05, 0.1) is 5.60 Å². The Morgan fingerprint density at radius 2 is 1.24 bits per heavy atom. The first-order valence-corrected chi connectivity index (χ1v) is 13.3. The monoisotopic (exact) mass is 571 g/mol. The van der Waals surface area contributed by atoms with Gasteiger partial charge in [-0.2, -0.15) is 0 Å². The number of hydrogen-bond acceptors (Lipinski definition) is 6. The highest BCUT2D eigenvalue weighted by Gasteiger charge is 2.20. The van der Waals surface area contributed by atoms with Gasteiger partial charge in [-0.3, -0.25) is 14.9 Å². The number of nitrogens with one attached hydrogen (secondary N) is 3. The van der Waals surface area contributed by atoms with Crippen molar-refractivity contribution in [3.05, 3.63) is 89.0 Å². The molecule has 0 bridgehead atoms. The molecule has 0 radical (unpaired) electrons. The topological polar surface area (TPSA) is 137 Å². The van der Waals surface area contributed by atoms with Gasteiger partial charge >= 0.3 is 6.09 Å². The maximum absolute atomic E-state index is 13.3. The third-order valence-corrected chi connectivity index (χ3v) is 5.56. The van der Waals surface area contributed by atoms with Gasteiger partial charge in [0.1, 0.15) is 11.2 Å². The fraction of sp³-hybridized carbons (Fsp3) is 0.303. The smallest absolute Gasteiger partial charge is 0.412 e. The number of amides is 3. The number of anilines is 3. The van der Waals surface area contributed by atoms with Gasteiger partial charge in [-0.25, -0.2) is 4.79 Å². The number of carbonyl (C=O) groups excluding carboxylic acids is 3. The first kappa shape index (κ1) is 31.9. The van der Waals surface area contributed by atoms with Crippen molar-refractivity contribution in [3.8, 4) is 11.8 Å². The number of aliphatic hydroxyl groups is 2. The van der Waals surface area contributed by atoms with Crippen molar-refractivity contribution < 1.29 is 29.3 Å². The zero-order chi connectivity index (χ0) is 31.3. The average molecular weight is 572 g/mol. The fourth-order valence-corrected chi connectivity index (χ4v) is 3.67. The van der Waals surface area contributed by atoms with Crippen LogP contribution in [0.25, 0.3) is 0 Å². The fourth-order valence-electron chi connectivity index (χ4n) is 3.67. The summed E-state index contributed by atoms with van der Waals surface area (Å²) in [6, 6.07) is 17.9. The van der Waals surface area contributed by atoms with Gasteiger partial charge in [0.2, 0.25) is 0 Å². The summed E-state index contributed by atoms with van der Waals surface area (Å²) in [4.78, 5) is 39.1. The lowest BCUT2D eigenvalue weighted by atomic mass is 9.98. The molecule has 3 aromatic rings. The van der Waals surface area contributed by atoms with Crippen LogP contribution < -0.4 is 16.0 Å². The van der Waals surface area contributed by atoms with Crippen LogP contribution in [0.5, 0.6) is 0 Å². The van der Waals surface area contributed by atoms with Gasteiger partial charge < -0.3 is 25.6 Å². The summed E-state index contributed by atoms with van der Waals surface area (Å²) >= 11 is 0. The van der Waals surface area contributed by atoms with Crippen molar-refractivity contribution in [2.24, 2.45) is 0 Å². The molecular formula is C33H37N3O6. The minimum absolute atomic E-state index is 0.104. The SMILES string of the molecule is CC(C)(O)C#Cc1cccc(NC(=O)c2cc(NC(=O)OC(C)(C)C)cc(C(=O)Nc3cccc(C(C)(C)O)c3)c2)c1. The van der Waals surface area contributed by atoms with Gasteiger partial charge in [-0.05, 0) is 103 Å². The van der Waals surface area contributed by atoms with Crippen LogP contribution in [-0.2, 0) is 10.3 Å². The molecule has 0 saturated carbocycles. The van der Waals surface area contributed by atoms with Crippen LogP contribution in [0.1, 0.15) is 80.3 Å². The second-order valence-electron chi connectivity index (χ2n) is 11.9. The van der Waals surface area contributed by atoms with E-state index in [-0.39, 0.29) is 16.8 Å². The zero-order valence-electron chi connectivity index (χ0n) is 24.9. The van der Waals surface area contributed by atoms with Crippen molar-refractivity contribution in [2.75, 3.05) is 16.0 Å². The van der Waals surface area contributed by atoms with E-state index in [0.29, 0.717) is 22.5 Å². The normalized spacial score (nSPS) is 11.5. The van der Waals surface area contributed by atoms with E-state index in [2.05, 4.69) is 27.8 Å². The van der Waals surface area contributed by atoms with E-state index in [1.807, 2.05) is 0 Å². The summed E-state index contributed by atoms with van der Waals surface area (Å²) in [7, 11) is 0. The Morgan fingerprint density at radius 3 is 1.76 bits per heavy atom. The molecule has 0 aromatic heterocycles.